The van der Waals surface area contributed by atoms with Crippen molar-refractivity contribution in [2.45, 2.75) is 38.5 Å². The molecule has 2 aromatic carbocycles. The van der Waals surface area contributed by atoms with Crippen LogP contribution in [-0.2, 0) is 9.53 Å². The molecule has 0 aliphatic carbocycles. The first-order chi connectivity index (χ1) is 12.6. The SMILES string of the molecule is CC(C)COC(=O)C1CC(O)C[NH+]1C(c1ccccc1)c1ccccc1. The van der Waals surface area contributed by atoms with Crippen LogP contribution in [0.1, 0.15) is 37.4 Å². The molecule has 2 N–H and O–H groups in total. The van der Waals surface area contributed by atoms with E-state index < -0.39 is 6.10 Å². The molecule has 1 aliphatic rings. The van der Waals surface area contributed by atoms with Gasteiger partial charge in [-0.2, -0.15) is 0 Å². The van der Waals surface area contributed by atoms with Crippen LogP contribution < -0.4 is 4.90 Å². The van der Waals surface area contributed by atoms with Gasteiger partial charge in [0.15, 0.2) is 6.04 Å². The average molecular weight is 354 g/mol. The van der Waals surface area contributed by atoms with Gasteiger partial charge in [-0.15, -0.1) is 0 Å². The number of carbonyl (C=O) groups is 1. The zero-order valence-corrected chi connectivity index (χ0v) is 15.5. The highest BCUT2D eigenvalue weighted by atomic mass is 16.5. The van der Waals surface area contributed by atoms with Crippen molar-refractivity contribution in [1.29, 1.82) is 0 Å². The number of aliphatic hydroxyl groups is 1. The second-order valence-electron chi connectivity index (χ2n) is 7.50. The number of nitrogens with one attached hydrogen (secondary N) is 1. The van der Waals surface area contributed by atoms with Crippen molar-refractivity contribution in [3.05, 3.63) is 71.8 Å². The molecule has 3 rings (SSSR count). The minimum absolute atomic E-state index is 0.00819. The predicted octanol–water partition coefficient (Wildman–Crippen LogP) is 1.99. The summed E-state index contributed by atoms with van der Waals surface area (Å²) in [6, 6.07) is 20.1. The molecular weight excluding hydrogens is 326 g/mol. The monoisotopic (exact) mass is 354 g/mol. The molecule has 1 heterocycles. The minimum atomic E-state index is -0.489. The van der Waals surface area contributed by atoms with Crippen molar-refractivity contribution >= 4 is 5.97 Å². The maximum Gasteiger partial charge on any atom is 0.365 e. The van der Waals surface area contributed by atoms with Crippen LogP contribution in [0.3, 0.4) is 0 Å². The van der Waals surface area contributed by atoms with Gasteiger partial charge in [0.1, 0.15) is 18.7 Å². The topological polar surface area (TPSA) is 51.0 Å². The van der Waals surface area contributed by atoms with Gasteiger partial charge < -0.3 is 14.7 Å². The highest BCUT2D eigenvalue weighted by molar-refractivity contribution is 5.74. The highest BCUT2D eigenvalue weighted by Gasteiger charge is 2.45. The lowest BCUT2D eigenvalue weighted by Gasteiger charge is -2.29. The van der Waals surface area contributed by atoms with Gasteiger partial charge in [0, 0.05) is 17.5 Å². The summed E-state index contributed by atoms with van der Waals surface area (Å²) in [5, 5.41) is 10.3. The van der Waals surface area contributed by atoms with Crippen LogP contribution in [0.15, 0.2) is 60.7 Å². The molecule has 1 saturated heterocycles. The van der Waals surface area contributed by atoms with Crippen molar-refractivity contribution < 1.29 is 19.5 Å². The Morgan fingerprint density at radius 2 is 1.62 bits per heavy atom. The molecule has 0 radical (unpaired) electrons. The molecule has 2 aromatic rings. The summed E-state index contributed by atoms with van der Waals surface area (Å²) in [5.41, 5.74) is 2.29. The first-order valence-electron chi connectivity index (χ1n) is 9.36. The molecule has 0 aromatic heterocycles. The molecule has 1 fully saturated rings. The van der Waals surface area contributed by atoms with Crippen LogP contribution in [0.25, 0.3) is 0 Å². The van der Waals surface area contributed by atoms with Crippen LogP contribution in [0.5, 0.6) is 0 Å². The number of hydrogen-bond acceptors (Lipinski definition) is 3. The van der Waals surface area contributed by atoms with Crippen LogP contribution in [-0.4, -0.2) is 36.4 Å². The number of likely N-dealkylation sites (tertiary alicyclic amines) is 1. The van der Waals surface area contributed by atoms with E-state index in [0.29, 0.717) is 25.5 Å². The van der Waals surface area contributed by atoms with Gasteiger partial charge in [-0.1, -0.05) is 74.5 Å². The quantitative estimate of drug-likeness (QED) is 0.780. The van der Waals surface area contributed by atoms with Crippen molar-refractivity contribution in [2.24, 2.45) is 5.92 Å². The summed E-state index contributed by atoms with van der Waals surface area (Å²) in [5.74, 6) is 0.0925. The van der Waals surface area contributed by atoms with Crippen molar-refractivity contribution in [1.82, 2.24) is 0 Å². The zero-order chi connectivity index (χ0) is 18.5. The normalized spacial score (nSPS) is 22.7. The van der Waals surface area contributed by atoms with E-state index in [1.54, 1.807) is 0 Å². The predicted molar refractivity (Wildman–Crippen MR) is 101 cm³/mol. The summed E-state index contributed by atoms with van der Waals surface area (Å²) in [4.78, 5) is 13.8. The Bertz CT molecular complexity index is 662. The van der Waals surface area contributed by atoms with E-state index >= 15 is 0 Å². The Labute approximate surface area is 155 Å². The molecule has 0 spiro atoms. The summed E-state index contributed by atoms with van der Waals surface area (Å²) in [7, 11) is 0. The van der Waals surface area contributed by atoms with E-state index in [9.17, 15) is 9.90 Å². The smallest absolute Gasteiger partial charge is 0.365 e. The number of hydrogen-bond donors (Lipinski definition) is 2. The number of ether oxygens (including phenoxy) is 1. The number of quaternary nitrogens is 1. The first kappa shape index (κ1) is 18.6. The van der Waals surface area contributed by atoms with E-state index in [1.165, 1.54) is 0 Å². The average Bonchev–Trinajstić information content (AvgIpc) is 3.03. The van der Waals surface area contributed by atoms with Crippen LogP contribution in [0, 0.1) is 5.92 Å². The highest BCUT2D eigenvalue weighted by Crippen LogP contribution is 2.22. The third-order valence-electron chi connectivity index (χ3n) is 4.91. The Morgan fingerprint density at radius 3 is 2.12 bits per heavy atom. The molecule has 1 aliphatic heterocycles. The van der Waals surface area contributed by atoms with Crippen LogP contribution >= 0.6 is 0 Å². The first-order valence-corrected chi connectivity index (χ1v) is 9.36. The second kappa shape index (κ2) is 8.47. The molecule has 138 valence electrons. The number of esters is 1. The van der Waals surface area contributed by atoms with Crippen LogP contribution in [0.2, 0.25) is 0 Å². The fourth-order valence-corrected chi connectivity index (χ4v) is 3.75. The van der Waals surface area contributed by atoms with Gasteiger partial charge in [0.05, 0.1) is 6.61 Å². The maximum absolute atomic E-state index is 12.7. The van der Waals surface area contributed by atoms with Crippen LogP contribution in [0.4, 0.5) is 0 Å². The molecule has 26 heavy (non-hydrogen) atoms. The molecule has 4 heteroatoms. The summed E-state index contributed by atoms with van der Waals surface area (Å²) in [6.45, 7) is 5.01. The van der Waals surface area contributed by atoms with Crippen molar-refractivity contribution in [3.8, 4) is 0 Å². The molecule has 0 bridgehead atoms. The Morgan fingerprint density at radius 1 is 1.08 bits per heavy atom. The Kier molecular flexibility index (Phi) is 6.07. The number of benzene rings is 2. The van der Waals surface area contributed by atoms with E-state index in [2.05, 4.69) is 24.3 Å². The van der Waals surface area contributed by atoms with Crippen molar-refractivity contribution in [3.63, 3.8) is 0 Å². The van der Waals surface area contributed by atoms with E-state index in [0.717, 1.165) is 16.0 Å². The number of carbonyl (C=O) groups excluding carboxylic acids is 1. The largest absolute Gasteiger partial charge is 0.461 e. The molecular formula is C22H28NO3+. The fraction of sp³-hybridized carbons (Fsp3) is 0.409. The molecule has 0 saturated carbocycles. The number of rotatable bonds is 6. The van der Waals surface area contributed by atoms with Gasteiger partial charge in [-0.05, 0) is 5.92 Å². The molecule has 0 amide bonds. The lowest BCUT2D eigenvalue weighted by Crippen LogP contribution is -3.15. The lowest BCUT2D eigenvalue weighted by atomic mass is 9.96. The maximum atomic E-state index is 12.7. The zero-order valence-electron chi connectivity index (χ0n) is 15.5. The summed E-state index contributed by atoms with van der Waals surface area (Å²) in [6.07, 6.45) is -0.0425. The Balaban J connectivity index is 1.92. The minimum Gasteiger partial charge on any atom is -0.461 e. The third kappa shape index (κ3) is 4.32. The lowest BCUT2D eigenvalue weighted by molar-refractivity contribution is -0.930. The molecule has 3 atom stereocenters. The molecule has 4 nitrogen and oxygen atoms in total. The van der Waals surface area contributed by atoms with E-state index in [1.807, 2.05) is 50.2 Å². The third-order valence-corrected chi connectivity index (χ3v) is 4.91. The Hall–Kier alpha value is -2.17. The fourth-order valence-electron chi connectivity index (χ4n) is 3.75. The van der Waals surface area contributed by atoms with Gasteiger partial charge in [-0.25, -0.2) is 4.79 Å². The summed E-state index contributed by atoms with van der Waals surface area (Å²) < 4.78 is 5.52. The van der Waals surface area contributed by atoms with Gasteiger partial charge in [-0.3, -0.25) is 0 Å². The molecule has 3 unspecified atom stereocenters. The second-order valence-corrected chi connectivity index (χ2v) is 7.50. The van der Waals surface area contributed by atoms with E-state index in [4.69, 9.17) is 4.74 Å². The van der Waals surface area contributed by atoms with Gasteiger partial charge in [0.2, 0.25) is 0 Å². The summed E-state index contributed by atoms with van der Waals surface area (Å²) >= 11 is 0. The van der Waals surface area contributed by atoms with Crippen molar-refractivity contribution in [2.75, 3.05) is 13.2 Å². The standard InChI is InChI=1S/C22H27NO3/c1-16(2)15-26-22(25)20-13-19(24)14-23(20)21(17-9-5-3-6-10-17)18-11-7-4-8-12-18/h3-12,16,19-21,24H,13-15H2,1-2H3/p+1. The van der Waals surface area contributed by atoms with Gasteiger partial charge in [0.25, 0.3) is 0 Å². The number of aliphatic hydroxyl groups excluding tert-OH is 1. The van der Waals surface area contributed by atoms with E-state index in [-0.39, 0.29) is 18.1 Å². The van der Waals surface area contributed by atoms with Gasteiger partial charge >= 0.3 is 5.97 Å².